The molecule has 0 saturated carbocycles. The second-order valence-corrected chi connectivity index (χ2v) is 6.65. The second kappa shape index (κ2) is 6.00. The molecule has 23 heavy (non-hydrogen) atoms. The lowest BCUT2D eigenvalue weighted by Crippen LogP contribution is -2.28. The fourth-order valence-corrected chi connectivity index (χ4v) is 2.88. The van der Waals surface area contributed by atoms with E-state index in [1.807, 2.05) is 0 Å². The van der Waals surface area contributed by atoms with Crippen LogP contribution in [0.15, 0.2) is 34.8 Å². The molecule has 0 heterocycles. The van der Waals surface area contributed by atoms with Crippen LogP contribution in [-0.2, 0) is 14.9 Å². The van der Waals surface area contributed by atoms with Crippen molar-refractivity contribution in [3.8, 4) is 5.75 Å². The Hall–Kier alpha value is -1.81. The number of alkyl halides is 3. The van der Waals surface area contributed by atoms with Crippen LogP contribution in [0.1, 0.15) is 10.4 Å². The summed E-state index contributed by atoms with van der Waals surface area (Å²) >= 11 is 3.16. The van der Waals surface area contributed by atoms with E-state index in [-0.39, 0.29) is 5.39 Å². The topological polar surface area (TPSA) is 69.7 Å². The summed E-state index contributed by atoms with van der Waals surface area (Å²) < 4.78 is 69.4. The van der Waals surface area contributed by atoms with Gasteiger partial charge in [-0.15, -0.1) is 0 Å². The second-order valence-electron chi connectivity index (χ2n) is 4.26. The number of carbonyl (C=O) groups excluding carboxylic acids is 1. The highest BCUT2D eigenvalue weighted by atomic mass is 79.9. The van der Waals surface area contributed by atoms with Gasteiger partial charge in [0.05, 0.1) is 7.11 Å². The summed E-state index contributed by atoms with van der Waals surface area (Å²) in [5.41, 5.74) is -6.08. The van der Waals surface area contributed by atoms with Gasteiger partial charge in [-0.25, -0.2) is 4.79 Å². The number of hydrogen-bond donors (Lipinski definition) is 0. The van der Waals surface area contributed by atoms with Crippen LogP contribution in [0, 0.1) is 0 Å². The first kappa shape index (κ1) is 17.5. The molecule has 124 valence electrons. The minimum absolute atomic E-state index is 0.00935. The van der Waals surface area contributed by atoms with Crippen molar-refractivity contribution in [1.82, 2.24) is 0 Å². The summed E-state index contributed by atoms with van der Waals surface area (Å²) in [7, 11) is -4.94. The van der Waals surface area contributed by atoms with E-state index in [9.17, 15) is 26.4 Å². The monoisotopic (exact) mass is 412 g/mol. The number of carbonyl (C=O) groups is 1. The van der Waals surface area contributed by atoms with Crippen LogP contribution in [0.5, 0.6) is 5.75 Å². The summed E-state index contributed by atoms with van der Waals surface area (Å²) in [5, 5.41) is 0.377. The van der Waals surface area contributed by atoms with Crippen LogP contribution < -0.4 is 4.18 Å². The van der Waals surface area contributed by atoms with Gasteiger partial charge in [-0.3, -0.25) is 0 Å². The molecule has 0 unspecified atom stereocenters. The number of ether oxygens (including phenoxy) is 1. The highest BCUT2D eigenvalue weighted by Crippen LogP contribution is 2.38. The van der Waals surface area contributed by atoms with Gasteiger partial charge in [0, 0.05) is 9.86 Å². The van der Waals surface area contributed by atoms with Gasteiger partial charge in [-0.05, 0) is 11.5 Å². The van der Waals surface area contributed by atoms with Gasteiger partial charge in [0.2, 0.25) is 0 Å². The fourth-order valence-electron chi connectivity index (χ4n) is 1.81. The molecule has 0 spiro atoms. The summed E-state index contributed by atoms with van der Waals surface area (Å²) in [6.07, 6.45) is 0. The van der Waals surface area contributed by atoms with Crippen molar-refractivity contribution in [3.63, 3.8) is 0 Å². The van der Waals surface area contributed by atoms with E-state index in [0.29, 0.717) is 9.86 Å². The van der Waals surface area contributed by atoms with E-state index < -0.39 is 32.9 Å². The number of benzene rings is 2. The van der Waals surface area contributed by atoms with E-state index in [4.69, 9.17) is 0 Å². The lowest BCUT2D eigenvalue weighted by atomic mass is 10.1. The van der Waals surface area contributed by atoms with Gasteiger partial charge < -0.3 is 8.92 Å². The van der Waals surface area contributed by atoms with E-state index in [1.165, 1.54) is 18.2 Å². The molecule has 0 aliphatic heterocycles. The Kier molecular flexibility index (Phi) is 4.58. The zero-order valence-corrected chi connectivity index (χ0v) is 13.8. The van der Waals surface area contributed by atoms with Gasteiger partial charge in [-0.2, -0.15) is 21.6 Å². The molecule has 0 radical (unpaired) electrons. The van der Waals surface area contributed by atoms with Gasteiger partial charge >= 0.3 is 21.6 Å². The number of methoxy groups -OCH3 is 1. The Labute approximate surface area is 137 Å². The molecular formula is C13H8BrF3O5S. The molecule has 0 aromatic heterocycles. The highest BCUT2D eigenvalue weighted by Gasteiger charge is 2.49. The van der Waals surface area contributed by atoms with Crippen LogP contribution >= 0.6 is 15.9 Å². The molecule has 0 amide bonds. The lowest BCUT2D eigenvalue weighted by Gasteiger charge is -2.15. The Bertz CT molecular complexity index is 877. The minimum Gasteiger partial charge on any atom is -0.465 e. The quantitative estimate of drug-likeness (QED) is 0.437. The summed E-state index contributed by atoms with van der Waals surface area (Å²) in [6.45, 7) is 0. The first-order valence-corrected chi connectivity index (χ1v) is 8.09. The van der Waals surface area contributed by atoms with Crippen LogP contribution in [0.4, 0.5) is 13.2 Å². The Morgan fingerprint density at radius 3 is 2.26 bits per heavy atom. The number of fused-ring (bicyclic) bond motifs is 1. The van der Waals surface area contributed by atoms with Crippen molar-refractivity contribution >= 4 is 42.8 Å². The van der Waals surface area contributed by atoms with Crippen molar-refractivity contribution in [1.29, 1.82) is 0 Å². The predicted octanol–water partition coefficient (Wildman–Crippen LogP) is 3.62. The Morgan fingerprint density at radius 1 is 1.17 bits per heavy atom. The average molecular weight is 413 g/mol. The van der Waals surface area contributed by atoms with Crippen molar-refractivity contribution in [3.05, 3.63) is 40.4 Å². The van der Waals surface area contributed by atoms with Crippen molar-refractivity contribution < 1.29 is 35.3 Å². The van der Waals surface area contributed by atoms with Crippen molar-refractivity contribution in [2.75, 3.05) is 7.11 Å². The maximum absolute atomic E-state index is 12.6. The van der Waals surface area contributed by atoms with Gasteiger partial charge in [0.15, 0.2) is 5.75 Å². The minimum atomic E-state index is -5.94. The van der Waals surface area contributed by atoms with Crippen molar-refractivity contribution in [2.45, 2.75) is 5.51 Å². The van der Waals surface area contributed by atoms with Gasteiger partial charge in [0.25, 0.3) is 0 Å². The molecular weight excluding hydrogens is 405 g/mol. The predicted molar refractivity (Wildman–Crippen MR) is 78.6 cm³/mol. The van der Waals surface area contributed by atoms with Gasteiger partial charge in [0.1, 0.15) is 5.56 Å². The third-order valence-electron chi connectivity index (χ3n) is 2.83. The Morgan fingerprint density at radius 2 is 1.74 bits per heavy atom. The molecule has 5 nitrogen and oxygen atoms in total. The molecule has 2 aromatic carbocycles. The standard InChI is InChI=1S/C13H8BrF3O5S/c1-21-12(18)9-6-10(14)7-4-2-3-5-8(7)11(9)22-23(19,20)13(15,16)17/h2-6H,1H3. The molecule has 0 aliphatic carbocycles. The summed E-state index contributed by atoms with van der Waals surface area (Å²) in [6, 6.07) is 7.03. The van der Waals surface area contributed by atoms with Crippen molar-refractivity contribution in [2.24, 2.45) is 0 Å². The molecule has 0 fully saturated rings. The highest BCUT2D eigenvalue weighted by molar-refractivity contribution is 9.10. The van der Waals surface area contributed by atoms with E-state index in [2.05, 4.69) is 24.8 Å². The van der Waals surface area contributed by atoms with Gasteiger partial charge in [-0.1, -0.05) is 40.2 Å². The van der Waals surface area contributed by atoms with Crippen LogP contribution in [0.3, 0.4) is 0 Å². The molecule has 2 rings (SSSR count). The first-order chi connectivity index (χ1) is 10.6. The van der Waals surface area contributed by atoms with Crippen LogP contribution in [0.25, 0.3) is 10.8 Å². The van der Waals surface area contributed by atoms with E-state index >= 15 is 0 Å². The third-order valence-corrected chi connectivity index (χ3v) is 4.44. The SMILES string of the molecule is COC(=O)c1cc(Br)c2ccccc2c1OS(=O)(=O)C(F)(F)F. The molecule has 2 aromatic rings. The molecule has 0 saturated heterocycles. The first-order valence-electron chi connectivity index (χ1n) is 5.89. The molecule has 10 heteroatoms. The fraction of sp³-hybridized carbons (Fsp3) is 0.154. The number of rotatable bonds is 3. The number of halogens is 4. The number of hydrogen-bond acceptors (Lipinski definition) is 5. The zero-order chi connectivity index (χ0) is 17.4. The summed E-state index contributed by atoms with van der Waals surface area (Å²) in [4.78, 5) is 11.8. The smallest absolute Gasteiger partial charge is 0.465 e. The maximum atomic E-state index is 12.6. The Balaban J connectivity index is 2.79. The van der Waals surface area contributed by atoms with Crippen LogP contribution in [0.2, 0.25) is 0 Å². The summed E-state index contributed by atoms with van der Waals surface area (Å²) in [5.74, 6) is -1.78. The third kappa shape index (κ3) is 3.27. The zero-order valence-electron chi connectivity index (χ0n) is 11.3. The van der Waals surface area contributed by atoms with E-state index in [0.717, 1.165) is 13.2 Å². The van der Waals surface area contributed by atoms with E-state index in [1.54, 1.807) is 6.07 Å². The largest absolute Gasteiger partial charge is 0.534 e. The lowest BCUT2D eigenvalue weighted by molar-refractivity contribution is -0.0500. The molecule has 0 N–H and O–H groups in total. The normalized spacial score (nSPS) is 12.2. The molecule has 0 aliphatic rings. The average Bonchev–Trinajstić information content (AvgIpc) is 2.48. The molecule has 0 bridgehead atoms. The maximum Gasteiger partial charge on any atom is 0.534 e. The number of esters is 1. The van der Waals surface area contributed by atoms with Crippen LogP contribution in [-0.4, -0.2) is 27.0 Å². The molecule has 0 atom stereocenters.